The van der Waals surface area contributed by atoms with Crippen molar-refractivity contribution >= 4 is 38.8 Å². The third-order valence-corrected chi connectivity index (χ3v) is 20.6. The van der Waals surface area contributed by atoms with Crippen LogP contribution in [0.15, 0.2) is 20.4 Å². The molecule has 2 aliphatic heterocycles. The molecule has 16 heteroatoms. The van der Waals surface area contributed by atoms with Crippen LogP contribution in [0.4, 0.5) is 0 Å². The van der Waals surface area contributed by atoms with Gasteiger partial charge in [-0.15, -0.1) is 9.34 Å². The lowest BCUT2D eigenvalue weighted by Gasteiger charge is -2.52. The van der Waals surface area contributed by atoms with Crippen molar-refractivity contribution in [3.8, 4) is 0 Å². The second-order valence-corrected chi connectivity index (χ2v) is 22.1. The average molecular weight is 788 g/mol. The molecule has 3 rings (SSSR count). The summed E-state index contributed by atoms with van der Waals surface area (Å²) in [6.07, 6.45) is 0. The number of aliphatic hydroxyl groups is 1. The lowest BCUT2D eigenvalue weighted by atomic mass is 9.89. The lowest BCUT2D eigenvalue weighted by molar-refractivity contribution is -0.156. The third kappa shape index (κ3) is 5.70. The summed E-state index contributed by atoms with van der Waals surface area (Å²) < 4.78 is 43.5. The molecule has 304 valence electrons. The summed E-state index contributed by atoms with van der Waals surface area (Å²) in [5, 5.41) is 11.3. The molecule has 0 amide bonds. The minimum Gasteiger partial charge on any atom is -0.466 e. The van der Waals surface area contributed by atoms with Crippen molar-refractivity contribution in [2.24, 2.45) is 14.9 Å². The van der Waals surface area contributed by atoms with Crippen LogP contribution >= 0.6 is 15.1 Å². The van der Waals surface area contributed by atoms with Gasteiger partial charge < -0.3 is 24.1 Å². The molecule has 0 saturated heterocycles. The van der Waals surface area contributed by atoms with E-state index in [1.54, 1.807) is 0 Å². The third-order valence-electron chi connectivity index (χ3n) is 10.7. The monoisotopic (exact) mass is 787 g/mol. The van der Waals surface area contributed by atoms with Crippen LogP contribution in [0.1, 0.15) is 111 Å². The molecular weight excluding hydrogens is 718 g/mol. The first kappa shape index (κ1) is 45.6. The molecule has 3 atom stereocenters. The minimum atomic E-state index is -3.73. The van der Waals surface area contributed by atoms with E-state index in [1.165, 1.54) is 28.4 Å². The Morgan fingerprint density at radius 1 is 0.623 bits per heavy atom. The van der Waals surface area contributed by atoms with Crippen molar-refractivity contribution < 1.29 is 38.4 Å². The molecule has 1 spiro atoms. The predicted octanol–water partition coefficient (Wildman–Crippen LogP) is 6.53. The first-order chi connectivity index (χ1) is 24.4. The molecule has 3 aliphatic rings. The predicted molar refractivity (Wildman–Crippen MR) is 212 cm³/mol. The molecule has 14 nitrogen and oxygen atoms in total. The topological polar surface area (TPSA) is 146 Å². The highest BCUT2D eigenvalue weighted by Gasteiger charge is 3.14. The number of carbonyl (C=O) groups is 3. The quantitative estimate of drug-likeness (QED) is 0.0786. The largest absolute Gasteiger partial charge is 0.466 e. The maximum atomic E-state index is 15.3. The zero-order valence-corrected chi connectivity index (χ0v) is 37.8. The highest BCUT2D eigenvalue weighted by atomic mass is 31.2. The zero-order chi connectivity index (χ0) is 41.1. The Bertz CT molecular complexity index is 1480. The van der Waals surface area contributed by atoms with Gasteiger partial charge in [-0.05, 0) is 111 Å². The standard InChI is InChI=1S/C37H69N6O8P2/c1-21(2)40(22(3)4)52(41(23(5)6)24(7)8)30(32(45)49-18)29(31(44)48-17)35-33(38-52)39-53(42(25(9)10)26(11)12,43(27(13)14)28(15)16)36(35,34(46)50-19)37(35,47)51-20/h21-28,47H,1-20H3/q+1. The zero-order valence-electron chi connectivity index (χ0n) is 36.0. The van der Waals surface area contributed by atoms with Crippen LogP contribution in [0.5, 0.6) is 0 Å². The maximum absolute atomic E-state index is 15.3. The van der Waals surface area contributed by atoms with E-state index in [2.05, 4.69) is 18.7 Å². The van der Waals surface area contributed by atoms with Gasteiger partial charge in [-0.25, -0.2) is 28.5 Å². The molecule has 53 heavy (non-hydrogen) atoms. The van der Waals surface area contributed by atoms with Gasteiger partial charge in [0.05, 0.1) is 26.9 Å². The van der Waals surface area contributed by atoms with Crippen LogP contribution in [0.3, 0.4) is 0 Å². The van der Waals surface area contributed by atoms with Crippen LogP contribution in [0, 0.1) is 5.41 Å². The summed E-state index contributed by atoms with van der Waals surface area (Å²) in [7, 11) is -2.33. The summed E-state index contributed by atoms with van der Waals surface area (Å²) in [6, 6.07) is -1.77. The van der Waals surface area contributed by atoms with Crippen LogP contribution in [0.2, 0.25) is 0 Å². The molecule has 1 N–H and O–H groups in total. The fourth-order valence-corrected chi connectivity index (χ4v) is 21.2. The fraction of sp³-hybridized carbons (Fsp3) is 0.838. The van der Waals surface area contributed by atoms with E-state index in [0.29, 0.717) is 0 Å². The van der Waals surface area contributed by atoms with Crippen molar-refractivity contribution in [1.29, 1.82) is 0 Å². The number of methoxy groups -OCH3 is 4. The number of ether oxygens (including phenoxy) is 4. The summed E-state index contributed by atoms with van der Waals surface area (Å²) in [4.78, 5) is 45.2. The lowest BCUT2D eigenvalue weighted by Crippen LogP contribution is -2.56. The van der Waals surface area contributed by atoms with Gasteiger partial charge in [0.2, 0.25) is 5.79 Å². The minimum absolute atomic E-state index is 0.0573. The van der Waals surface area contributed by atoms with Gasteiger partial charge in [0.15, 0.2) is 11.3 Å². The molecule has 2 heterocycles. The van der Waals surface area contributed by atoms with E-state index in [9.17, 15) is 14.7 Å². The van der Waals surface area contributed by atoms with Gasteiger partial charge in [0.25, 0.3) is 0 Å². The van der Waals surface area contributed by atoms with Crippen molar-refractivity contribution in [3.63, 3.8) is 0 Å². The Balaban J connectivity index is 3.10. The molecule has 0 aromatic carbocycles. The SMILES string of the molecule is COC(=O)C1=C(C(=O)OC)P(N(C(C)C)C(C)C)(N(C(C)C)C(C)C)=NC2=N[P+](N(C(C)C)C(C)C)(N(C(C)C)C(C)C)C3(C(=O)OC)C(O)(OC)C213. The van der Waals surface area contributed by atoms with Crippen LogP contribution in [-0.2, 0) is 33.3 Å². The smallest absolute Gasteiger partial charge is 0.363 e. The normalized spacial score (nSPS) is 26.2. The van der Waals surface area contributed by atoms with Crippen molar-refractivity contribution in [3.05, 3.63) is 10.9 Å². The Morgan fingerprint density at radius 2 is 1.00 bits per heavy atom. The number of esters is 3. The van der Waals surface area contributed by atoms with Gasteiger partial charge in [0.1, 0.15) is 12.7 Å². The van der Waals surface area contributed by atoms with Crippen molar-refractivity contribution in [1.82, 2.24) is 18.7 Å². The van der Waals surface area contributed by atoms with E-state index in [0.717, 1.165) is 0 Å². The highest BCUT2D eigenvalue weighted by molar-refractivity contribution is 7.74. The molecular formula is C37H69N6O8P2+. The number of carbonyl (C=O) groups excluding carboxylic acids is 3. The van der Waals surface area contributed by atoms with E-state index in [4.69, 9.17) is 28.5 Å². The Labute approximate surface area is 319 Å². The Morgan fingerprint density at radius 3 is 1.28 bits per heavy atom. The van der Waals surface area contributed by atoms with Gasteiger partial charge in [-0.2, -0.15) is 0 Å². The second kappa shape index (κ2) is 15.6. The van der Waals surface area contributed by atoms with Gasteiger partial charge >= 0.3 is 30.8 Å². The first-order valence-corrected chi connectivity index (χ1v) is 22.2. The number of rotatable bonds is 16. The van der Waals surface area contributed by atoms with E-state index >= 15 is 4.79 Å². The Kier molecular flexibility index (Phi) is 13.5. The van der Waals surface area contributed by atoms with E-state index in [-0.39, 0.29) is 65.1 Å². The average Bonchev–Trinajstić information content (AvgIpc) is 3.41. The van der Waals surface area contributed by atoms with E-state index < -0.39 is 49.3 Å². The highest BCUT2D eigenvalue weighted by Crippen LogP contribution is 3.00. The summed E-state index contributed by atoms with van der Waals surface area (Å²) in [5.41, 5.74) is -2.36. The summed E-state index contributed by atoms with van der Waals surface area (Å²) in [6.45, 7) is 32.4. The van der Waals surface area contributed by atoms with Crippen molar-refractivity contribution in [2.75, 3.05) is 28.4 Å². The Hall–Kier alpha value is -1.76. The molecule has 1 saturated carbocycles. The summed E-state index contributed by atoms with van der Waals surface area (Å²) >= 11 is 0. The molecule has 1 fully saturated rings. The van der Waals surface area contributed by atoms with Crippen LogP contribution < -0.4 is 0 Å². The molecule has 0 bridgehead atoms. The maximum Gasteiger partial charge on any atom is 0.363 e. The first-order valence-electron chi connectivity index (χ1n) is 18.9. The fourth-order valence-electron chi connectivity index (χ4n) is 10.1. The van der Waals surface area contributed by atoms with Crippen LogP contribution in [-0.4, -0.2) is 135 Å². The van der Waals surface area contributed by atoms with Gasteiger partial charge in [-0.1, -0.05) is 4.76 Å². The van der Waals surface area contributed by atoms with Crippen molar-refractivity contribution in [2.45, 2.75) is 170 Å². The number of amidine groups is 1. The van der Waals surface area contributed by atoms with Crippen LogP contribution in [0.25, 0.3) is 0 Å². The molecule has 0 radical (unpaired) electrons. The second-order valence-electron chi connectivity index (χ2n) is 16.4. The molecule has 3 unspecified atom stereocenters. The van der Waals surface area contributed by atoms with Gasteiger partial charge in [-0.3, -0.25) is 0 Å². The number of hydrogen-bond acceptors (Lipinski definition) is 14. The molecule has 1 aliphatic carbocycles. The van der Waals surface area contributed by atoms with Gasteiger partial charge in [0, 0.05) is 55.4 Å². The molecule has 0 aromatic rings. The van der Waals surface area contributed by atoms with E-state index in [1.807, 2.05) is 111 Å². The summed E-state index contributed by atoms with van der Waals surface area (Å²) in [5.74, 6) is -4.96. The number of hydrogen-bond donors (Lipinski definition) is 1. The number of nitrogens with zero attached hydrogens (tertiary/aromatic N) is 6. The molecule has 0 aromatic heterocycles.